The fourth-order valence-corrected chi connectivity index (χ4v) is 0.354. The summed E-state index contributed by atoms with van der Waals surface area (Å²) >= 11 is 0. The van der Waals surface area contributed by atoms with Crippen LogP contribution in [0, 0.1) is 0 Å². The van der Waals surface area contributed by atoms with Crippen molar-refractivity contribution in [2.45, 2.75) is 0 Å². The van der Waals surface area contributed by atoms with Gasteiger partial charge >= 0.3 is 6.03 Å². The first-order valence-corrected chi connectivity index (χ1v) is 2.89. The van der Waals surface area contributed by atoms with Crippen LogP contribution >= 0.6 is 0 Å². The average Bonchev–Trinajstić information content (AvgIpc) is 1.97. The summed E-state index contributed by atoms with van der Waals surface area (Å²) < 4.78 is 0. The number of rotatable bonds is 3. The van der Waals surface area contributed by atoms with E-state index in [4.69, 9.17) is 0 Å². The van der Waals surface area contributed by atoms with Gasteiger partial charge in [0.05, 0.1) is 6.54 Å². The molecule has 0 rings (SSSR count). The summed E-state index contributed by atoms with van der Waals surface area (Å²) in [5, 5.41) is 2.37. The first-order valence-electron chi connectivity index (χ1n) is 2.89. The molecule has 3 N–H and O–H groups in total. The van der Waals surface area contributed by atoms with Gasteiger partial charge in [-0.15, -0.1) is 0 Å². The van der Waals surface area contributed by atoms with Gasteiger partial charge in [0.2, 0.25) is 5.91 Å². The Bertz CT molecular complexity index is 198. The molecule has 0 saturated heterocycles. The van der Waals surface area contributed by atoms with Crippen molar-refractivity contribution in [3.8, 4) is 0 Å². The summed E-state index contributed by atoms with van der Waals surface area (Å²) in [7, 11) is 0. The Hall–Kier alpha value is -1.65. The first kappa shape index (κ1) is 9.35. The Morgan fingerprint density at radius 2 is 2.27 bits per heavy atom. The molecule has 0 atom stereocenters. The van der Waals surface area contributed by atoms with Gasteiger partial charge in [-0.1, -0.05) is 6.58 Å². The third-order valence-corrected chi connectivity index (χ3v) is 0.772. The van der Waals surface area contributed by atoms with Crippen LogP contribution in [0.25, 0.3) is 0 Å². The molecule has 0 bridgehead atoms. The van der Waals surface area contributed by atoms with Crippen molar-refractivity contribution in [1.29, 1.82) is 0 Å². The van der Waals surface area contributed by atoms with Crippen molar-refractivity contribution >= 4 is 18.2 Å². The number of nitrogens with one attached hydrogen (secondary N) is 1. The number of nitrogens with two attached hydrogens (primary N) is 1. The van der Waals surface area contributed by atoms with E-state index in [2.05, 4.69) is 22.6 Å². The van der Waals surface area contributed by atoms with Crippen LogP contribution in [0.5, 0.6) is 0 Å². The van der Waals surface area contributed by atoms with E-state index in [-0.39, 0.29) is 12.5 Å². The van der Waals surface area contributed by atoms with E-state index in [1.165, 1.54) is 6.21 Å². The lowest BCUT2D eigenvalue weighted by Gasteiger charge is -1.92. The molecule has 0 fully saturated rings. The number of carbonyl (C=O) groups is 2. The zero-order valence-electron chi connectivity index (χ0n) is 5.91. The van der Waals surface area contributed by atoms with Crippen LogP contribution in [0.3, 0.4) is 0 Å². The molecule has 11 heavy (non-hydrogen) atoms. The summed E-state index contributed by atoms with van der Waals surface area (Å²) in [6.07, 6.45) is 2.34. The zero-order chi connectivity index (χ0) is 8.69. The summed E-state index contributed by atoms with van der Waals surface area (Å²) in [5.41, 5.74) is 4.67. The van der Waals surface area contributed by atoms with E-state index in [0.717, 1.165) is 6.08 Å². The van der Waals surface area contributed by atoms with Crippen molar-refractivity contribution < 1.29 is 9.59 Å². The van der Waals surface area contributed by atoms with Crippen molar-refractivity contribution in [2.75, 3.05) is 6.54 Å². The fourth-order valence-electron chi connectivity index (χ4n) is 0.354. The van der Waals surface area contributed by atoms with Crippen LogP contribution < -0.4 is 11.1 Å². The van der Waals surface area contributed by atoms with Crippen molar-refractivity contribution in [3.63, 3.8) is 0 Å². The highest BCUT2D eigenvalue weighted by atomic mass is 16.2. The van der Waals surface area contributed by atoms with Gasteiger partial charge in [-0.2, -0.15) is 0 Å². The second kappa shape index (κ2) is 5.16. The molecule has 3 amide bonds. The highest BCUT2D eigenvalue weighted by Gasteiger charge is 1.88. The maximum absolute atomic E-state index is 10.4. The molecule has 0 unspecified atom stereocenters. The lowest BCUT2D eigenvalue weighted by atomic mass is 10.5. The van der Waals surface area contributed by atoms with Crippen molar-refractivity contribution in [3.05, 3.63) is 12.7 Å². The van der Waals surface area contributed by atoms with Gasteiger partial charge in [0.15, 0.2) is 0 Å². The fraction of sp³-hybridized carbons (Fsp3) is 0.167. The third kappa shape index (κ3) is 6.23. The molecule has 0 spiro atoms. The lowest BCUT2D eigenvalue weighted by Crippen LogP contribution is -2.23. The van der Waals surface area contributed by atoms with Crippen LogP contribution in [-0.4, -0.2) is 24.7 Å². The summed E-state index contributed by atoms with van der Waals surface area (Å²) in [4.78, 5) is 23.7. The molecule has 0 aliphatic rings. The van der Waals surface area contributed by atoms with Gasteiger partial charge < -0.3 is 11.1 Å². The van der Waals surface area contributed by atoms with Crippen LogP contribution in [0.2, 0.25) is 0 Å². The minimum absolute atomic E-state index is 0.174. The minimum Gasteiger partial charge on any atom is -0.350 e. The highest BCUT2D eigenvalue weighted by molar-refractivity contribution is 5.89. The van der Waals surface area contributed by atoms with E-state index in [9.17, 15) is 9.59 Å². The topological polar surface area (TPSA) is 84.6 Å². The van der Waals surface area contributed by atoms with Gasteiger partial charge in [-0.3, -0.25) is 4.79 Å². The smallest absolute Gasteiger partial charge is 0.338 e. The van der Waals surface area contributed by atoms with Gasteiger partial charge in [-0.05, 0) is 6.08 Å². The molecule has 0 radical (unpaired) electrons. The summed E-state index contributed by atoms with van der Waals surface area (Å²) in [6, 6.07) is -0.780. The molecule has 0 aromatic rings. The highest BCUT2D eigenvalue weighted by Crippen LogP contribution is 1.66. The SMILES string of the molecule is C=CC(=O)NCC=NC(N)=O. The van der Waals surface area contributed by atoms with Crippen molar-refractivity contribution in [2.24, 2.45) is 10.7 Å². The number of hydrogen-bond donors (Lipinski definition) is 2. The molecule has 5 heteroatoms. The maximum Gasteiger partial charge on any atom is 0.338 e. The molecule has 0 aliphatic carbocycles. The number of aliphatic imine (C=N–C) groups is 1. The van der Waals surface area contributed by atoms with Gasteiger partial charge in [0.1, 0.15) is 0 Å². The van der Waals surface area contributed by atoms with Crippen LogP contribution in [0.4, 0.5) is 4.79 Å². The largest absolute Gasteiger partial charge is 0.350 e. The second-order valence-corrected chi connectivity index (χ2v) is 1.60. The Morgan fingerprint density at radius 3 is 2.73 bits per heavy atom. The number of primary amides is 1. The molecule has 5 nitrogen and oxygen atoms in total. The third-order valence-electron chi connectivity index (χ3n) is 0.772. The Labute approximate surface area is 64.0 Å². The molecular formula is C6H9N3O2. The van der Waals surface area contributed by atoms with E-state index in [0.29, 0.717) is 0 Å². The molecule has 60 valence electrons. The predicted octanol–water partition coefficient (Wildman–Crippen LogP) is -0.562. The molecule has 0 aromatic heterocycles. The van der Waals surface area contributed by atoms with Gasteiger partial charge in [0.25, 0.3) is 0 Å². The van der Waals surface area contributed by atoms with Crippen LogP contribution in [0.1, 0.15) is 0 Å². The number of hydrogen-bond acceptors (Lipinski definition) is 2. The Kier molecular flexibility index (Phi) is 4.39. The number of nitrogens with zero attached hydrogens (tertiary/aromatic N) is 1. The molecule has 0 heterocycles. The molecule has 0 aromatic carbocycles. The standard InChI is InChI=1S/C6H9N3O2/c1-2-5(10)8-3-4-9-6(7)11/h2,4H,1,3H2,(H2,7,11)(H,8,10). The van der Waals surface area contributed by atoms with E-state index in [1.54, 1.807) is 0 Å². The normalized spacial score (nSPS) is 9.45. The molecule has 0 aliphatic heterocycles. The van der Waals surface area contributed by atoms with E-state index >= 15 is 0 Å². The first-order chi connectivity index (χ1) is 5.16. The minimum atomic E-state index is -0.780. The summed E-state index contributed by atoms with van der Waals surface area (Å²) in [5.74, 6) is -0.319. The second-order valence-electron chi connectivity index (χ2n) is 1.60. The maximum atomic E-state index is 10.4. The zero-order valence-corrected chi connectivity index (χ0v) is 5.91. The van der Waals surface area contributed by atoms with Gasteiger partial charge in [-0.25, -0.2) is 9.79 Å². The molecular weight excluding hydrogens is 146 g/mol. The lowest BCUT2D eigenvalue weighted by molar-refractivity contribution is -0.116. The summed E-state index contributed by atoms with van der Waals surface area (Å²) in [6.45, 7) is 3.40. The Morgan fingerprint density at radius 1 is 1.64 bits per heavy atom. The monoisotopic (exact) mass is 155 g/mol. The van der Waals surface area contributed by atoms with Gasteiger partial charge in [0, 0.05) is 6.21 Å². The number of carbonyl (C=O) groups excluding carboxylic acids is 2. The van der Waals surface area contributed by atoms with Crippen LogP contribution in [-0.2, 0) is 4.79 Å². The van der Waals surface area contributed by atoms with Crippen LogP contribution in [0.15, 0.2) is 17.6 Å². The Balaban J connectivity index is 3.49. The average molecular weight is 155 g/mol. The quantitative estimate of drug-likeness (QED) is 0.423. The van der Waals surface area contributed by atoms with Crippen molar-refractivity contribution in [1.82, 2.24) is 5.32 Å². The number of amides is 3. The number of urea groups is 1. The predicted molar refractivity (Wildman–Crippen MR) is 41.3 cm³/mol. The van der Waals surface area contributed by atoms with E-state index in [1.807, 2.05) is 0 Å². The van der Waals surface area contributed by atoms with E-state index < -0.39 is 6.03 Å². The molecule has 0 saturated carbocycles.